The van der Waals surface area contributed by atoms with E-state index in [-0.39, 0.29) is 29.2 Å². The van der Waals surface area contributed by atoms with Crippen LogP contribution in [-0.2, 0) is 10.2 Å². The molecule has 0 aliphatic carbocycles. The first-order chi connectivity index (χ1) is 19.2. The Morgan fingerprint density at radius 1 is 1.12 bits per heavy atom. The first kappa shape index (κ1) is 30.6. The summed E-state index contributed by atoms with van der Waals surface area (Å²) in [4.78, 5) is 25.2. The highest BCUT2D eigenvalue weighted by Gasteiger charge is 2.47. The van der Waals surface area contributed by atoms with Crippen molar-refractivity contribution in [1.29, 1.82) is 0 Å². The number of aliphatic hydroxyl groups excluding tert-OH is 2. The third kappa shape index (κ3) is 7.13. The number of nitrogens with one attached hydrogen (secondary N) is 2. The number of carbonyl (C=O) groups excluding carboxylic acids is 1. The van der Waals surface area contributed by atoms with Gasteiger partial charge in [0.15, 0.2) is 17.7 Å². The van der Waals surface area contributed by atoms with Crippen molar-refractivity contribution >= 4 is 28.7 Å². The van der Waals surface area contributed by atoms with Gasteiger partial charge in [-0.05, 0) is 29.0 Å². The summed E-state index contributed by atoms with van der Waals surface area (Å²) in [7, 11) is 4.09. The van der Waals surface area contributed by atoms with Crippen molar-refractivity contribution in [3.8, 4) is 0 Å². The Balaban J connectivity index is 1.34. The van der Waals surface area contributed by atoms with E-state index < -0.39 is 24.5 Å². The number of likely N-dealkylation sites (N-methyl/N-ethyl adjacent to an activating group) is 1. The molecule has 224 valence electrons. The second-order valence-electron chi connectivity index (χ2n) is 13.0. The molecular weight excluding hydrogens is 524 g/mol. The number of ether oxygens (including phenoxy) is 1. The summed E-state index contributed by atoms with van der Waals surface area (Å²) in [5.74, 6) is 0.448. The minimum absolute atomic E-state index is 0.0461. The molecule has 3 aromatic rings. The average Bonchev–Trinajstić information content (AvgIpc) is 3.43. The monoisotopic (exact) mass is 569 g/mol. The first-order valence-corrected chi connectivity index (χ1v) is 14.1. The first-order valence-electron chi connectivity index (χ1n) is 14.1. The number of hydrogen-bond donors (Lipinski definition) is 5. The quantitative estimate of drug-likeness (QED) is 0.246. The lowest BCUT2D eigenvalue weighted by Gasteiger charge is -2.35. The number of nitrogen functional groups attached to an aromatic ring is 1. The maximum absolute atomic E-state index is 12.8. The largest absolute Gasteiger partial charge is 0.387 e. The molecule has 6 N–H and O–H groups in total. The van der Waals surface area contributed by atoms with Crippen LogP contribution in [0, 0.1) is 5.92 Å². The number of quaternary nitrogens is 1. The van der Waals surface area contributed by atoms with Gasteiger partial charge in [0.05, 0.1) is 27.0 Å². The van der Waals surface area contributed by atoms with E-state index in [0.717, 1.165) is 12.1 Å². The molecule has 1 aliphatic rings. The predicted molar refractivity (Wildman–Crippen MR) is 158 cm³/mol. The van der Waals surface area contributed by atoms with Gasteiger partial charge in [0.1, 0.15) is 36.7 Å². The summed E-state index contributed by atoms with van der Waals surface area (Å²) in [6.45, 7) is 11.8. The van der Waals surface area contributed by atoms with Crippen molar-refractivity contribution in [1.82, 2.24) is 24.8 Å². The smallest absolute Gasteiger partial charge is 0.319 e. The molecule has 1 aliphatic heterocycles. The molecule has 41 heavy (non-hydrogen) atoms. The summed E-state index contributed by atoms with van der Waals surface area (Å²) >= 11 is 0. The molecule has 1 saturated heterocycles. The maximum atomic E-state index is 12.8. The van der Waals surface area contributed by atoms with E-state index in [2.05, 4.69) is 60.2 Å². The Labute approximate surface area is 241 Å². The van der Waals surface area contributed by atoms with Gasteiger partial charge in [-0.1, -0.05) is 46.8 Å². The van der Waals surface area contributed by atoms with E-state index in [0.29, 0.717) is 28.7 Å². The van der Waals surface area contributed by atoms with Gasteiger partial charge >= 0.3 is 6.03 Å². The van der Waals surface area contributed by atoms with Crippen molar-refractivity contribution < 1.29 is 24.2 Å². The summed E-state index contributed by atoms with van der Waals surface area (Å²) < 4.78 is 8.25. The van der Waals surface area contributed by atoms with Gasteiger partial charge in [-0.15, -0.1) is 0 Å². The number of fused-ring (bicyclic) bond motifs is 1. The van der Waals surface area contributed by atoms with Gasteiger partial charge in [-0.25, -0.2) is 19.7 Å². The second-order valence-corrected chi connectivity index (χ2v) is 13.0. The molecule has 12 nitrogen and oxygen atoms in total. The number of rotatable bonds is 9. The van der Waals surface area contributed by atoms with Crippen LogP contribution in [0.4, 0.5) is 16.3 Å². The number of aromatic nitrogens is 4. The topological polar surface area (TPSA) is 160 Å². The molecule has 0 radical (unpaired) electrons. The van der Waals surface area contributed by atoms with Crippen LogP contribution in [0.2, 0.25) is 0 Å². The standard InChI is InChI=1S/C29H44N8O4/c1-17(2)20(35-28(40)34-19-10-8-18(9-11-19)29(3,4)5)12-13-37(6,7)14-21-23(38)24(39)27(41-21)36-16-33-22-25(30)31-15-32-26(22)36/h8-11,15-17,20-21,23-24,27,38-39H,12-14H2,1-7H3,(H3-,30,31,32,34,35,40)/p+1/t20-,21-,23-,24-,27-/m1/s1. The number of carbonyl (C=O) groups is 1. The molecule has 5 atom stereocenters. The fraction of sp³-hybridized carbons (Fsp3) is 0.586. The SMILES string of the molecule is CC(C)[C@@H](CC[N+](C)(C)C[C@H]1O[C@@H](n2cnc3c(N)ncnc32)[C@H](O)[C@@H]1O)NC(=O)Nc1ccc(C(C)(C)C)cc1. The van der Waals surface area contributed by atoms with Crippen LogP contribution in [-0.4, -0.2) is 91.8 Å². The van der Waals surface area contributed by atoms with Gasteiger partial charge in [-0.3, -0.25) is 4.57 Å². The molecule has 2 aromatic heterocycles. The minimum atomic E-state index is -1.17. The number of nitrogens with zero attached hydrogens (tertiary/aromatic N) is 5. The lowest BCUT2D eigenvalue weighted by atomic mass is 9.87. The van der Waals surface area contributed by atoms with E-state index in [1.165, 1.54) is 18.2 Å². The number of imidazole rings is 1. The van der Waals surface area contributed by atoms with Crippen LogP contribution in [0.1, 0.15) is 52.8 Å². The molecule has 0 saturated carbocycles. The van der Waals surface area contributed by atoms with Crippen molar-refractivity contribution in [2.24, 2.45) is 5.92 Å². The molecular formula is C29H45N8O4+. The predicted octanol–water partition coefficient (Wildman–Crippen LogP) is 2.64. The van der Waals surface area contributed by atoms with Crippen molar-refractivity contribution in [3.63, 3.8) is 0 Å². The number of hydrogen-bond acceptors (Lipinski definition) is 8. The Kier molecular flexibility index (Phi) is 8.88. The number of aliphatic hydroxyl groups is 2. The van der Waals surface area contributed by atoms with Gasteiger partial charge in [0.25, 0.3) is 0 Å². The number of urea groups is 1. The molecule has 2 amide bonds. The highest BCUT2D eigenvalue weighted by molar-refractivity contribution is 5.89. The fourth-order valence-corrected chi connectivity index (χ4v) is 5.19. The van der Waals surface area contributed by atoms with Crippen LogP contribution in [0.15, 0.2) is 36.9 Å². The number of benzene rings is 1. The lowest BCUT2D eigenvalue weighted by Crippen LogP contribution is -2.51. The number of anilines is 2. The highest BCUT2D eigenvalue weighted by atomic mass is 16.6. The average molecular weight is 570 g/mol. The molecule has 4 rings (SSSR count). The zero-order chi connectivity index (χ0) is 30.1. The third-order valence-corrected chi connectivity index (χ3v) is 7.85. The van der Waals surface area contributed by atoms with Gasteiger partial charge < -0.3 is 35.8 Å². The van der Waals surface area contributed by atoms with Crippen LogP contribution < -0.4 is 16.4 Å². The summed E-state index contributed by atoms with van der Waals surface area (Å²) in [5, 5.41) is 27.8. The van der Waals surface area contributed by atoms with Gasteiger partial charge in [0.2, 0.25) is 0 Å². The molecule has 0 unspecified atom stereocenters. The summed E-state index contributed by atoms with van der Waals surface area (Å²) in [6.07, 6.45) is -0.206. The molecule has 0 bridgehead atoms. The third-order valence-electron chi connectivity index (χ3n) is 7.85. The minimum Gasteiger partial charge on any atom is -0.387 e. The van der Waals surface area contributed by atoms with Gasteiger partial charge in [0, 0.05) is 18.2 Å². The van der Waals surface area contributed by atoms with E-state index in [9.17, 15) is 15.0 Å². The van der Waals surface area contributed by atoms with E-state index >= 15 is 0 Å². The highest BCUT2D eigenvalue weighted by Crippen LogP contribution is 2.33. The van der Waals surface area contributed by atoms with Crippen LogP contribution >= 0.6 is 0 Å². The molecule has 3 heterocycles. The zero-order valence-corrected chi connectivity index (χ0v) is 25.1. The molecule has 1 fully saturated rings. The van der Waals surface area contributed by atoms with Crippen molar-refractivity contribution in [2.75, 3.05) is 38.2 Å². The Bertz CT molecular complexity index is 1330. The van der Waals surface area contributed by atoms with Crippen LogP contribution in [0.25, 0.3) is 11.2 Å². The van der Waals surface area contributed by atoms with E-state index in [4.69, 9.17) is 10.5 Å². The number of nitrogens with two attached hydrogens (primary N) is 1. The van der Waals surface area contributed by atoms with E-state index in [1.54, 1.807) is 4.57 Å². The van der Waals surface area contributed by atoms with Crippen molar-refractivity contribution in [2.45, 2.75) is 77.0 Å². The van der Waals surface area contributed by atoms with Crippen LogP contribution in [0.3, 0.4) is 0 Å². The van der Waals surface area contributed by atoms with Crippen molar-refractivity contribution in [3.05, 3.63) is 42.5 Å². The lowest BCUT2D eigenvalue weighted by molar-refractivity contribution is -0.894. The van der Waals surface area contributed by atoms with Crippen LogP contribution in [0.5, 0.6) is 0 Å². The Morgan fingerprint density at radius 3 is 2.44 bits per heavy atom. The van der Waals surface area contributed by atoms with E-state index in [1.807, 2.05) is 38.4 Å². The normalized spacial score (nSPS) is 22.3. The zero-order valence-electron chi connectivity index (χ0n) is 25.1. The maximum Gasteiger partial charge on any atom is 0.319 e. The summed E-state index contributed by atoms with van der Waals surface area (Å²) in [6, 6.07) is 7.62. The fourth-order valence-electron chi connectivity index (χ4n) is 5.19. The molecule has 0 spiro atoms. The Morgan fingerprint density at radius 2 is 1.80 bits per heavy atom. The molecule has 1 aromatic carbocycles. The summed E-state index contributed by atoms with van der Waals surface area (Å²) in [5.41, 5.74) is 8.73. The molecule has 12 heteroatoms. The second kappa shape index (κ2) is 11.9. The van der Waals surface area contributed by atoms with Gasteiger partial charge in [-0.2, -0.15) is 0 Å². The number of amides is 2. The Hall–Kier alpha value is -3.32.